The molecule has 0 bridgehead atoms. The summed E-state index contributed by atoms with van der Waals surface area (Å²) in [6, 6.07) is 8.33. The fourth-order valence-corrected chi connectivity index (χ4v) is 1.77. The molecular weight excluding hydrogens is 301 g/mol. The van der Waals surface area contributed by atoms with E-state index in [0.29, 0.717) is 16.3 Å². The van der Waals surface area contributed by atoms with Gasteiger partial charge in [-0.15, -0.1) is 0 Å². The van der Waals surface area contributed by atoms with Gasteiger partial charge < -0.3 is 9.84 Å². The van der Waals surface area contributed by atoms with Gasteiger partial charge in [0, 0.05) is 17.8 Å². The summed E-state index contributed by atoms with van der Waals surface area (Å²) in [6.45, 7) is 0. The largest absolute Gasteiger partial charge is 0.478 e. The summed E-state index contributed by atoms with van der Waals surface area (Å²) in [5.41, 5.74) is 0.519. The predicted octanol–water partition coefficient (Wildman–Crippen LogP) is 4.28. The number of hydrogen-bond donors (Lipinski definition) is 1. The highest BCUT2D eigenvalue weighted by Gasteiger charge is 2.09. The molecule has 0 spiro atoms. The van der Waals surface area contributed by atoms with Crippen molar-refractivity contribution in [1.29, 1.82) is 0 Å². The molecule has 0 radical (unpaired) electrons. The number of benzene rings is 1. The molecule has 0 aliphatic heterocycles. The highest BCUT2D eigenvalue weighted by molar-refractivity contribution is 6.42. The van der Waals surface area contributed by atoms with Crippen LogP contribution in [0.3, 0.4) is 0 Å². The molecule has 2 aromatic rings. The molecule has 0 saturated carbocycles. The van der Waals surface area contributed by atoms with E-state index < -0.39 is 5.97 Å². The van der Waals surface area contributed by atoms with Crippen LogP contribution in [0.1, 0.15) is 5.56 Å². The van der Waals surface area contributed by atoms with Crippen molar-refractivity contribution in [2.24, 2.45) is 0 Å². The van der Waals surface area contributed by atoms with Gasteiger partial charge in [-0.25, -0.2) is 9.78 Å². The van der Waals surface area contributed by atoms with Crippen LogP contribution in [0.5, 0.6) is 11.6 Å². The first-order valence-electron chi connectivity index (χ1n) is 5.56. The van der Waals surface area contributed by atoms with Crippen molar-refractivity contribution in [3.05, 3.63) is 58.2 Å². The number of aliphatic carboxylic acids is 1. The summed E-state index contributed by atoms with van der Waals surface area (Å²) in [4.78, 5) is 14.6. The molecule has 1 aromatic carbocycles. The van der Waals surface area contributed by atoms with Crippen LogP contribution >= 0.6 is 23.2 Å². The first-order chi connectivity index (χ1) is 9.58. The van der Waals surface area contributed by atoms with Crippen molar-refractivity contribution >= 4 is 35.2 Å². The van der Waals surface area contributed by atoms with Crippen LogP contribution in [-0.2, 0) is 4.79 Å². The lowest BCUT2D eigenvalue weighted by molar-refractivity contribution is -0.131. The Labute approximate surface area is 125 Å². The number of rotatable bonds is 4. The molecule has 1 heterocycles. The smallest absolute Gasteiger partial charge is 0.328 e. The van der Waals surface area contributed by atoms with E-state index in [1.165, 1.54) is 12.3 Å². The minimum absolute atomic E-state index is 0.245. The Kier molecular flexibility index (Phi) is 4.61. The Bertz CT molecular complexity index is 671. The maximum Gasteiger partial charge on any atom is 0.328 e. The number of halogens is 2. The standard InChI is InChI=1S/C14H9Cl2NO3/c15-10-4-1-5-11(13(10)16)20-14-9(3-2-8-17-14)6-7-12(18)19/h1-8H,(H,18,19)/b7-6+. The van der Waals surface area contributed by atoms with Crippen molar-refractivity contribution in [2.45, 2.75) is 0 Å². The predicted molar refractivity (Wildman–Crippen MR) is 77.4 cm³/mol. The molecule has 0 saturated heterocycles. The molecule has 0 unspecified atom stereocenters. The van der Waals surface area contributed by atoms with Crippen LogP contribution in [-0.4, -0.2) is 16.1 Å². The lowest BCUT2D eigenvalue weighted by atomic mass is 10.2. The third-order valence-electron chi connectivity index (χ3n) is 2.33. The van der Waals surface area contributed by atoms with Gasteiger partial charge in [0.15, 0.2) is 0 Å². The van der Waals surface area contributed by atoms with Crippen molar-refractivity contribution < 1.29 is 14.6 Å². The van der Waals surface area contributed by atoms with E-state index in [1.807, 2.05) is 0 Å². The van der Waals surface area contributed by atoms with Crippen molar-refractivity contribution in [3.8, 4) is 11.6 Å². The molecule has 0 atom stereocenters. The van der Waals surface area contributed by atoms with E-state index in [0.717, 1.165) is 6.08 Å². The van der Waals surface area contributed by atoms with Crippen LogP contribution in [0.25, 0.3) is 6.08 Å². The lowest BCUT2D eigenvalue weighted by Crippen LogP contribution is -1.92. The van der Waals surface area contributed by atoms with Gasteiger partial charge in [0.25, 0.3) is 0 Å². The van der Waals surface area contributed by atoms with Gasteiger partial charge >= 0.3 is 5.97 Å². The fraction of sp³-hybridized carbons (Fsp3) is 0. The van der Waals surface area contributed by atoms with E-state index in [4.69, 9.17) is 33.0 Å². The van der Waals surface area contributed by atoms with Crippen LogP contribution in [0.15, 0.2) is 42.6 Å². The van der Waals surface area contributed by atoms with Crippen molar-refractivity contribution in [1.82, 2.24) is 4.98 Å². The van der Waals surface area contributed by atoms with E-state index >= 15 is 0 Å². The number of pyridine rings is 1. The molecule has 6 heteroatoms. The zero-order chi connectivity index (χ0) is 14.5. The topological polar surface area (TPSA) is 59.4 Å². The first-order valence-corrected chi connectivity index (χ1v) is 6.31. The van der Waals surface area contributed by atoms with Gasteiger partial charge in [-0.3, -0.25) is 0 Å². The highest BCUT2D eigenvalue weighted by Crippen LogP contribution is 2.35. The quantitative estimate of drug-likeness (QED) is 0.856. The number of aromatic nitrogens is 1. The average molecular weight is 310 g/mol. The molecule has 4 nitrogen and oxygen atoms in total. The van der Waals surface area contributed by atoms with E-state index in [9.17, 15) is 4.79 Å². The normalized spacial score (nSPS) is 10.7. The number of hydrogen-bond acceptors (Lipinski definition) is 3. The molecule has 1 N–H and O–H groups in total. The summed E-state index contributed by atoms with van der Waals surface area (Å²) in [5.74, 6) is -0.461. The minimum Gasteiger partial charge on any atom is -0.478 e. The minimum atomic E-state index is -1.06. The van der Waals surface area contributed by atoms with Crippen molar-refractivity contribution in [3.63, 3.8) is 0 Å². The number of carboxylic acid groups (broad SMARTS) is 1. The first kappa shape index (κ1) is 14.4. The van der Waals surface area contributed by atoms with E-state index in [2.05, 4.69) is 4.98 Å². The van der Waals surface area contributed by atoms with Crippen molar-refractivity contribution in [2.75, 3.05) is 0 Å². The summed E-state index contributed by atoms with van der Waals surface area (Å²) in [5, 5.41) is 9.28. The number of carbonyl (C=O) groups is 1. The zero-order valence-corrected chi connectivity index (χ0v) is 11.6. The Morgan fingerprint density at radius 1 is 1.25 bits per heavy atom. The number of carboxylic acids is 1. The summed E-state index contributed by atoms with van der Waals surface area (Å²) >= 11 is 11.9. The molecule has 20 heavy (non-hydrogen) atoms. The molecular formula is C14H9Cl2NO3. The zero-order valence-electron chi connectivity index (χ0n) is 10.1. The van der Waals surface area contributed by atoms with Gasteiger partial charge in [0.1, 0.15) is 10.8 Å². The molecule has 0 amide bonds. The summed E-state index contributed by atoms with van der Waals surface area (Å²) < 4.78 is 5.58. The monoisotopic (exact) mass is 309 g/mol. The fourth-order valence-electron chi connectivity index (χ4n) is 1.44. The number of nitrogens with zero attached hydrogens (tertiary/aromatic N) is 1. The maximum absolute atomic E-state index is 10.6. The lowest BCUT2D eigenvalue weighted by Gasteiger charge is -2.09. The molecule has 0 fully saturated rings. The average Bonchev–Trinajstić information content (AvgIpc) is 2.43. The Balaban J connectivity index is 2.34. The van der Waals surface area contributed by atoms with Crippen LogP contribution in [0, 0.1) is 0 Å². The van der Waals surface area contributed by atoms with E-state index in [-0.39, 0.29) is 10.9 Å². The van der Waals surface area contributed by atoms with Gasteiger partial charge in [0.2, 0.25) is 5.88 Å². The highest BCUT2D eigenvalue weighted by atomic mass is 35.5. The molecule has 102 valence electrons. The SMILES string of the molecule is O=C(O)/C=C/c1cccnc1Oc1cccc(Cl)c1Cl. The molecule has 1 aromatic heterocycles. The Hall–Kier alpha value is -2.04. The van der Waals surface area contributed by atoms with Gasteiger partial charge in [-0.2, -0.15) is 0 Å². The number of ether oxygens (including phenoxy) is 1. The molecule has 2 rings (SSSR count). The second kappa shape index (κ2) is 6.41. The molecule has 0 aliphatic carbocycles. The summed E-state index contributed by atoms with van der Waals surface area (Å²) in [7, 11) is 0. The Morgan fingerprint density at radius 3 is 2.80 bits per heavy atom. The summed E-state index contributed by atoms with van der Waals surface area (Å²) in [6.07, 6.45) is 3.93. The van der Waals surface area contributed by atoms with Crippen LogP contribution < -0.4 is 4.74 Å². The third kappa shape index (κ3) is 3.50. The van der Waals surface area contributed by atoms with Gasteiger partial charge in [0.05, 0.1) is 5.02 Å². The van der Waals surface area contributed by atoms with Crippen LogP contribution in [0.2, 0.25) is 10.0 Å². The van der Waals surface area contributed by atoms with Gasteiger partial charge in [-0.1, -0.05) is 29.3 Å². The van der Waals surface area contributed by atoms with Crippen LogP contribution in [0.4, 0.5) is 0 Å². The second-order valence-corrected chi connectivity index (χ2v) is 4.51. The second-order valence-electron chi connectivity index (χ2n) is 3.72. The third-order valence-corrected chi connectivity index (χ3v) is 3.13. The van der Waals surface area contributed by atoms with Gasteiger partial charge in [-0.05, 0) is 30.3 Å². The Morgan fingerprint density at radius 2 is 2.05 bits per heavy atom. The molecule has 0 aliphatic rings. The maximum atomic E-state index is 10.6. The van der Waals surface area contributed by atoms with E-state index in [1.54, 1.807) is 30.3 Å².